The van der Waals surface area contributed by atoms with Crippen LogP contribution in [0.5, 0.6) is 0 Å². The highest BCUT2D eigenvalue weighted by Gasteiger charge is 2.07. The van der Waals surface area contributed by atoms with Crippen LogP contribution in [0.15, 0.2) is 0 Å². The van der Waals surface area contributed by atoms with Crippen LogP contribution >= 0.6 is 0 Å². The van der Waals surface area contributed by atoms with Crippen LogP contribution in [0.25, 0.3) is 0 Å². The van der Waals surface area contributed by atoms with Gasteiger partial charge >= 0.3 is 0 Å². The number of hydrogen-bond acceptors (Lipinski definition) is 0. The molecule has 0 saturated heterocycles. The molecule has 0 N–H and O–H groups in total. The molecule has 17 heavy (non-hydrogen) atoms. The van der Waals surface area contributed by atoms with Crippen molar-refractivity contribution in [2.24, 2.45) is 5.92 Å². The molecular formula is C17H35. The fourth-order valence-electron chi connectivity index (χ4n) is 2.66. The number of hydrogen-bond donors (Lipinski definition) is 0. The normalized spacial score (nSPS) is 12.9. The molecule has 0 spiro atoms. The monoisotopic (exact) mass is 239 g/mol. The summed E-state index contributed by atoms with van der Waals surface area (Å²) >= 11 is 0. The minimum absolute atomic E-state index is 1.02. The van der Waals surface area contributed by atoms with Crippen LogP contribution in [0.4, 0.5) is 0 Å². The van der Waals surface area contributed by atoms with Crippen molar-refractivity contribution < 1.29 is 0 Å². The van der Waals surface area contributed by atoms with E-state index in [4.69, 9.17) is 0 Å². The largest absolute Gasteiger partial charge is 0.0654 e. The second-order valence-electron chi connectivity index (χ2n) is 5.56. The van der Waals surface area contributed by atoms with Crippen molar-refractivity contribution in [3.63, 3.8) is 0 Å². The van der Waals surface area contributed by atoms with Gasteiger partial charge in [-0.3, -0.25) is 0 Å². The van der Waals surface area contributed by atoms with Crippen molar-refractivity contribution in [2.45, 2.75) is 97.3 Å². The lowest BCUT2D eigenvalue weighted by molar-refractivity contribution is 0.379. The van der Waals surface area contributed by atoms with Crippen molar-refractivity contribution in [2.75, 3.05) is 0 Å². The van der Waals surface area contributed by atoms with Gasteiger partial charge in [0.2, 0.25) is 0 Å². The molecule has 1 atom stereocenters. The van der Waals surface area contributed by atoms with E-state index >= 15 is 0 Å². The zero-order valence-electron chi connectivity index (χ0n) is 12.5. The third kappa shape index (κ3) is 12.2. The molecule has 0 rings (SSSR count). The first-order valence-corrected chi connectivity index (χ1v) is 8.14. The Morgan fingerprint density at radius 1 is 0.647 bits per heavy atom. The van der Waals surface area contributed by atoms with E-state index < -0.39 is 0 Å². The Balaban J connectivity index is 3.45. The Morgan fingerprint density at radius 3 is 1.76 bits per heavy atom. The lowest BCUT2D eigenvalue weighted by Crippen LogP contribution is -2.00. The average Bonchev–Trinajstić information content (AvgIpc) is 2.34. The van der Waals surface area contributed by atoms with Crippen LogP contribution in [0.1, 0.15) is 97.3 Å². The fourth-order valence-corrected chi connectivity index (χ4v) is 2.66. The van der Waals surface area contributed by atoms with Gasteiger partial charge in [-0.15, -0.1) is 0 Å². The van der Waals surface area contributed by atoms with E-state index in [1.165, 1.54) is 77.0 Å². The predicted molar refractivity (Wildman–Crippen MR) is 80.2 cm³/mol. The molecule has 0 aliphatic heterocycles. The standard InChI is InChI=1S/C17H35/c1-4-7-9-11-13-16-17(14-6-3)15-12-10-8-5-2/h17H,1,4-16H2,2-3H3. The maximum absolute atomic E-state index is 3.91. The zero-order chi connectivity index (χ0) is 12.8. The van der Waals surface area contributed by atoms with Gasteiger partial charge < -0.3 is 0 Å². The van der Waals surface area contributed by atoms with Crippen LogP contribution in [-0.4, -0.2) is 0 Å². The third-order valence-electron chi connectivity index (χ3n) is 3.78. The summed E-state index contributed by atoms with van der Waals surface area (Å²) < 4.78 is 0. The van der Waals surface area contributed by atoms with Gasteiger partial charge in [0.15, 0.2) is 0 Å². The van der Waals surface area contributed by atoms with E-state index in [0.29, 0.717) is 0 Å². The molecule has 0 nitrogen and oxygen atoms in total. The first-order valence-electron chi connectivity index (χ1n) is 8.14. The molecule has 1 unspecified atom stereocenters. The molecule has 0 aliphatic rings. The molecule has 1 radical (unpaired) electrons. The molecule has 103 valence electrons. The Bertz CT molecular complexity index is 128. The molecule has 0 heterocycles. The average molecular weight is 239 g/mol. The van der Waals surface area contributed by atoms with Crippen LogP contribution < -0.4 is 0 Å². The molecular weight excluding hydrogens is 204 g/mol. The molecule has 0 bridgehead atoms. The Morgan fingerprint density at radius 2 is 1.24 bits per heavy atom. The maximum atomic E-state index is 3.91. The van der Waals surface area contributed by atoms with Gasteiger partial charge in [0.1, 0.15) is 0 Å². The molecule has 0 aromatic carbocycles. The topological polar surface area (TPSA) is 0 Å². The molecule has 0 saturated carbocycles. The summed E-state index contributed by atoms with van der Waals surface area (Å²) in [5.41, 5.74) is 0. The van der Waals surface area contributed by atoms with Crippen LogP contribution in [0.2, 0.25) is 0 Å². The summed E-state index contributed by atoms with van der Waals surface area (Å²) in [6.07, 6.45) is 18.3. The highest BCUT2D eigenvalue weighted by atomic mass is 14.1. The molecule has 0 amide bonds. The molecule has 0 fully saturated rings. The SMILES string of the molecule is [CH2]CCCCCCC(CCC)CCCCCC. The Kier molecular flexibility index (Phi) is 14.1. The fraction of sp³-hybridized carbons (Fsp3) is 0.941. The molecule has 0 aliphatic carbocycles. The predicted octanol–water partition coefficient (Wildman–Crippen LogP) is 6.55. The van der Waals surface area contributed by atoms with Crippen molar-refractivity contribution in [1.82, 2.24) is 0 Å². The van der Waals surface area contributed by atoms with E-state index in [0.717, 1.165) is 12.3 Å². The molecule has 0 heteroatoms. The van der Waals surface area contributed by atoms with Gasteiger partial charge in [0, 0.05) is 0 Å². The number of unbranched alkanes of at least 4 members (excludes halogenated alkanes) is 7. The van der Waals surface area contributed by atoms with Crippen molar-refractivity contribution in [3.8, 4) is 0 Å². The minimum Gasteiger partial charge on any atom is -0.0654 e. The number of rotatable bonds is 13. The highest BCUT2D eigenvalue weighted by Crippen LogP contribution is 2.22. The quantitative estimate of drug-likeness (QED) is 0.320. The van der Waals surface area contributed by atoms with E-state index in [1.807, 2.05) is 0 Å². The summed E-state index contributed by atoms with van der Waals surface area (Å²) in [5.74, 6) is 1.02. The Labute approximate surface area is 111 Å². The first-order chi connectivity index (χ1) is 8.35. The summed E-state index contributed by atoms with van der Waals surface area (Å²) in [6, 6.07) is 0. The van der Waals surface area contributed by atoms with Crippen molar-refractivity contribution >= 4 is 0 Å². The second kappa shape index (κ2) is 14.1. The Hall–Kier alpha value is 0. The second-order valence-corrected chi connectivity index (χ2v) is 5.56. The van der Waals surface area contributed by atoms with Gasteiger partial charge in [-0.1, -0.05) is 104 Å². The summed E-state index contributed by atoms with van der Waals surface area (Å²) in [6.45, 7) is 8.54. The van der Waals surface area contributed by atoms with Crippen LogP contribution in [0, 0.1) is 12.8 Å². The van der Waals surface area contributed by atoms with Crippen LogP contribution in [0.3, 0.4) is 0 Å². The maximum Gasteiger partial charge on any atom is -0.0414 e. The van der Waals surface area contributed by atoms with Gasteiger partial charge in [-0.25, -0.2) is 0 Å². The van der Waals surface area contributed by atoms with Gasteiger partial charge in [0.25, 0.3) is 0 Å². The van der Waals surface area contributed by atoms with Gasteiger partial charge in [-0.2, -0.15) is 0 Å². The van der Waals surface area contributed by atoms with E-state index in [9.17, 15) is 0 Å². The first kappa shape index (κ1) is 17.0. The smallest absolute Gasteiger partial charge is 0.0414 e. The van der Waals surface area contributed by atoms with Gasteiger partial charge in [0.05, 0.1) is 0 Å². The van der Waals surface area contributed by atoms with Crippen molar-refractivity contribution in [3.05, 3.63) is 6.92 Å². The summed E-state index contributed by atoms with van der Waals surface area (Å²) in [5, 5.41) is 0. The molecule has 0 aromatic rings. The van der Waals surface area contributed by atoms with E-state index in [2.05, 4.69) is 20.8 Å². The molecule has 0 aromatic heterocycles. The lowest BCUT2D eigenvalue weighted by atomic mass is 9.91. The highest BCUT2D eigenvalue weighted by molar-refractivity contribution is 4.60. The third-order valence-corrected chi connectivity index (χ3v) is 3.78. The van der Waals surface area contributed by atoms with E-state index in [1.54, 1.807) is 0 Å². The van der Waals surface area contributed by atoms with E-state index in [-0.39, 0.29) is 0 Å². The lowest BCUT2D eigenvalue weighted by Gasteiger charge is -2.15. The summed E-state index contributed by atoms with van der Waals surface area (Å²) in [4.78, 5) is 0. The van der Waals surface area contributed by atoms with Crippen molar-refractivity contribution in [1.29, 1.82) is 0 Å². The van der Waals surface area contributed by atoms with Crippen LogP contribution in [-0.2, 0) is 0 Å². The van der Waals surface area contributed by atoms with Gasteiger partial charge in [-0.05, 0) is 5.92 Å². The minimum atomic E-state index is 1.02. The summed E-state index contributed by atoms with van der Waals surface area (Å²) in [7, 11) is 0. The zero-order valence-corrected chi connectivity index (χ0v) is 12.5.